The molecule has 0 bridgehead atoms. The van der Waals surface area contributed by atoms with Crippen LogP contribution in [0, 0.1) is 19.7 Å². The third-order valence-corrected chi connectivity index (χ3v) is 5.85. The molecule has 0 radical (unpaired) electrons. The highest BCUT2D eigenvalue weighted by molar-refractivity contribution is 6.05. The van der Waals surface area contributed by atoms with Crippen molar-refractivity contribution in [1.82, 2.24) is 9.88 Å². The quantitative estimate of drug-likeness (QED) is 0.674. The van der Waals surface area contributed by atoms with Gasteiger partial charge in [-0.1, -0.05) is 36.4 Å². The minimum atomic E-state index is -0.316. The van der Waals surface area contributed by atoms with Gasteiger partial charge < -0.3 is 15.2 Å². The molecule has 3 aromatic rings. The zero-order valence-corrected chi connectivity index (χ0v) is 17.1. The molecule has 1 unspecified atom stereocenters. The van der Waals surface area contributed by atoms with Gasteiger partial charge in [0.15, 0.2) is 0 Å². The molecule has 2 heterocycles. The lowest BCUT2D eigenvalue weighted by Gasteiger charge is -2.20. The molecule has 1 aliphatic rings. The number of anilines is 1. The minimum absolute atomic E-state index is 0.103. The molecular weight excluding hydrogens is 365 g/mol. The molecule has 2 N–H and O–H groups in total. The van der Waals surface area contributed by atoms with E-state index in [-0.39, 0.29) is 23.5 Å². The Balaban J connectivity index is 1.62. The summed E-state index contributed by atoms with van der Waals surface area (Å²) in [5.41, 5.74) is 5.53. The number of nitrogens with zero attached hydrogens (tertiary/aromatic N) is 1. The molecule has 4 rings (SSSR count). The Kier molecular flexibility index (Phi) is 5.24. The van der Waals surface area contributed by atoms with Crippen LogP contribution in [0.1, 0.15) is 51.4 Å². The van der Waals surface area contributed by atoms with Crippen molar-refractivity contribution in [3.63, 3.8) is 0 Å². The van der Waals surface area contributed by atoms with E-state index in [1.54, 1.807) is 6.07 Å². The van der Waals surface area contributed by atoms with E-state index >= 15 is 0 Å². The Morgan fingerprint density at radius 1 is 1.17 bits per heavy atom. The van der Waals surface area contributed by atoms with Gasteiger partial charge in [-0.15, -0.1) is 0 Å². The SMILES string of the molecule is Cc1cc(C(=O)Nc2ccc3c(c2F)CCNC3)c(C)n1C(C)c1ccccc1. The average molecular weight is 391 g/mol. The number of nitrogens with one attached hydrogen (secondary N) is 2. The van der Waals surface area contributed by atoms with E-state index in [1.807, 2.05) is 44.2 Å². The molecular formula is C24H26FN3O. The molecule has 1 amide bonds. The number of rotatable bonds is 4. The van der Waals surface area contributed by atoms with Crippen LogP contribution >= 0.6 is 0 Å². The topological polar surface area (TPSA) is 46.1 Å². The zero-order chi connectivity index (χ0) is 20.5. The number of amides is 1. The molecule has 1 atom stereocenters. The maximum atomic E-state index is 14.9. The number of carbonyl (C=O) groups is 1. The summed E-state index contributed by atoms with van der Waals surface area (Å²) in [6.07, 6.45) is 0.633. The number of aryl methyl sites for hydroxylation is 1. The van der Waals surface area contributed by atoms with Gasteiger partial charge in [0.25, 0.3) is 5.91 Å². The van der Waals surface area contributed by atoms with Crippen LogP contribution in [0.15, 0.2) is 48.5 Å². The molecule has 0 spiro atoms. The van der Waals surface area contributed by atoms with Crippen LogP contribution in [0.3, 0.4) is 0 Å². The smallest absolute Gasteiger partial charge is 0.257 e. The third kappa shape index (κ3) is 3.58. The normalized spacial score (nSPS) is 14.3. The third-order valence-electron chi connectivity index (χ3n) is 5.85. The molecule has 0 saturated carbocycles. The first-order valence-electron chi connectivity index (χ1n) is 10.0. The highest BCUT2D eigenvalue weighted by Gasteiger charge is 2.22. The second-order valence-corrected chi connectivity index (χ2v) is 7.69. The molecule has 0 aliphatic carbocycles. The first-order valence-corrected chi connectivity index (χ1v) is 10.0. The molecule has 2 aromatic carbocycles. The number of hydrogen-bond donors (Lipinski definition) is 2. The predicted molar refractivity (Wildman–Crippen MR) is 114 cm³/mol. The molecule has 1 aromatic heterocycles. The van der Waals surface area contributed by atoms with Gasteiger partial charge in [0.2, 0.25) is 0 Å². The molecule has 0 fully saturated rings. The summed E-state index contributed by atoms with van der Waals surface area (Å²) >= 11 is 0. The minimum Gasteiger partial charge on any atom is -0.341 e. The lowest BCUT2D eigenvalue weighted by molar-refractivity contribution is 0.102. The Bertz CT molecular complexity index is 1060. The second kappa shape index (κ2) is 7.84. The number of fused-ring (bicyclic) bond motifs is 1. The van der Waals surface area contributed by atoms with Crippen molar-refractivity contribution in [3.8, 4) is 0 Å². The zero-order valence-electron chi connectivity index (χ0n) is 17.1. The fraction of sp³-hybridized carbons (Fsp3) is 0.292. The summed E-state index contributed by atoms with van der Waals surface area (Å²) in [6.45, 7) is 7.47. The van der Waals surface area contributed by atoms with E-state index < -0.39 is 0 Å². The van der Waals surface area contributed by atoms with Gasteiger partial charge in [-0.2, -0.15) is 0 Å². The Hall–Kier alpha value is -2.92. The molecule has 0 saturated heterocycles. The van der Waals surface area contributed by atoms with Crippen molar-refractivity contribution in [2.75, 3.05) is 11.9 Å². The summed E-state index contributed by atoms with van der Waals surface area (Å²) in [5.74, 6) is -0.596. The maximum absolute atomic E-state index is 14.9. The van der Waals surface area contributed by atoms with Gasteiger partial charge in [-0.3, -0.25) is 4.79 Å². The fourth-order valence-corrected chi connectivity index (χ4v) is 4.30. The van der Waals surface area contributed by atoms with Crippen molar-refractivity contribution < 1.29 is 9.18 Å². The van der Waals surface area contributed by atoms with E-state index in [0.29, 0.717) is 24.1 Å². The largest absolute Gasteiger partial charge is 0.341 e. The van der Waals surface area contributed by atoms with Crippen LogP contribution in [0.5, 0.6) is 0 Å². The van der Waals surface area contributed by atoms with E-state index in [0.717, 1.165) is 23.5 Å². The van der Waals surface area contributed by atoms with E-state index in [2.05, 4.69) is 34.3 Å². The monoisotopic (exact) mass is 391 g/mol. The summed E-state index contributed by atoms with van der Waals surface area (Å²) in [5, 5.41) is 6.03. The average Bonchev–Trinajstić information content (AvgIpc) is 3.04. The number of benzene rings is 2. The molecule has 1 aliphatic heterocycles. The Labute approximate surface area is 170 Å². The lowest BCUT2D eigenvalue weighted by atomic mass is 9.99. The standard InChI is InChI=1S/C24H26FN3O/c1-15-13-21(17(3)28(15)16(2)18-7-5-4-6-8-18)24(29)27-22-10-9-19-14-26-12-11-20(19)23(22)25/h4-10,13,16,26H,11-12,14H2,1-3H3,(H,27,29). The number of halogens is 1. The van der Waals surface area contributed by atoms with Gasteiger partial charge in [0, 0.05) is 17.9 Å². The second-order valence-electron chi connectivity index (χ2n) is 7.69. The van der Waals surface area contributed by atoms with Gasteiger partial charge >= 0.3 is 0 Å². The fourth-order valence-electron chi connectivity index (χ4n) is 4.30. The summed E-state index contributed by atoms with van der Waals surface area (Å²) < 4.78 is 17.1. The van der Waals surface area contributed by atoms with Gasteiger partial charge in [-0.05, 0) is 62.6 Å². The first kappa shape index (κ1) is 19.4. The maximum Gasteiger partial charge on any atom is 0.257 e. The highest BCUT2D eigenvalue weighted by atomic mass is 19.1. The van der Waals surface area contributed by atoms with E-state index in [1.165, 1.54) is 5.56 Å². The molecule has 5 heteroatoms. The van der Waals surface area contributed by atoms with Crippen LogP contribution in [0.2, 0.25) is 0 Å². The summed E-state index contributed by atoms with van der Waals surface area (Å²) in [4.78, 5) is 13.0. The number of hydrogen-bond acceptors (Lipinski definition) is 2. The number of aromatic nitrogens is 1. The lowest BCUT2D eigenvalue weighted by Crippen LogP contribution is -2.25. The van der Waals surface area contributed by atoms with Crippen LogP contribution < -0.4 is 10.6 Å². The van der Waals surface area contributed by atoms with Crippen molar-refractivity contribution in [1.29, 1.82) is 0 Å². The highest BCUT2D eigenvalue weighted by Crippen LogP contribution is 2.28. The summed E-state index contributed by atoms with van der Waals surface area (Å²) in [6, 6.07) is 15.7. The van der Waals surface area contributed by atoms with E-state index in [9.17, 15) is 9.18 Å². The first-order chi connectivity index (χ1) is 14.0. The Morgan fingerprint density at radius 2 is 1.93 bits per heavy atom. The molecule has 29 heavy (non-hydrogen) atoms. The van der Waals surface area contributed by atoms with Gasteiger partial charge in [0.05, 0.1) is 17.3 Å². The van der Waals surface area contributed by atoms with Crippen LogP contribution in [0.25, 0.3) is 0 Å². The predicted octanol–water partition coefficient (Wildman–Crippen LogP) is 4.75. The van der Waals surface area contributed by atoms with Gasteiger partial charge in [0.1, 0.15) is 5.82 Å². The van der Waals surface area contributed by atoms with Crippen LogP contribution in [-0.2, 0) is 13.0 Å². The van der Waals surface area contributed by atoms with Crippen molar-refractivity contribution in [2.45, 2.75) is 39.8 Å². The van der Waals surface area contributed by atoms with E-state index in [4.69, 9.17) is 0 Å². The summed E-state index contributed by atoms with van der Waals surface area (Å²) in [7, 11) is 0. The van der Waals surface area contributed by atoms with Crippen LogP contribution in [-0.4, -0.2) is 17.0 Å². The molecule has 150 valence electrons. The van der Waals surface area contributed by atoms with Crippen molar-refractivity contribution >= 4 is 11.6 Å². The van der Waals surface area contributed by atoms with Crippen LogP contribution in [0.4, 0.5) is 10.1 Å². The van der Waals surface area contributed by atoms with Gasteiger partial charge in [-0.25, -0.2) is 4.39 Å². The van der Waals surface area contributed by atoms with Crippen molar-refractivity contribution in [2.24, 2.45) is 0 Å². The van der Waals surface area contributed by atoms with Crippen molar-refractivity contribution in [3.05, 3.63) is 88.0 Å². The Morgan fingerprint density at radius 3 is 2.69 bits per heavy atom. The number of carbonyl (C=O) groups excluding carboxylic acids is 1. The molecule has 4 nitrogen and oxygen atoms in total.